The van der Waals surface area contributed by atoms with Gasteiger partial charge in [-0.15, -0.1) is 0 Å². The van der Waals surface area contributed by atoms with Gasteiger partial charge in [-0.05, 0) is 25.0 Å². The number of nitro groups is 1. The van der Waals surface area contributed by atoms with Crippen molar-refractivity contribution in [2.75, 3.05) is 11.9 Å². The highest BCUT2D eigenvalue weighted by Gasteiger charge is 2.23. The minimum Gasteiger partial charge on any atom is -0.368 e. The van der Waals surface area contributed by atoms with Crippen LogP contribution in [0, 0.1) is 10.1 Å². The van der Waals surface area contributed by atoms with E-state index in [0.29, 0.717) is 12.3 Å². The van der Waals surface area contributed by atoms with Gasteiger partial charge >= 0.3 is 0 Å². The second kappa shape index (κ2) is 4.92. The number of carbonyl (C=O) groups is 1. The molecule has 0 radical (unpaired) electrons. The van der Waals surface area contributed by atoms with E-state index in [-0.39, 0.29) is 11.6 Å². The molecule has 0 bridgehead atoms. The number of non-ortho nitro benzene ring substituents is 1. The summed E-state index contributed by atoms with van der Waals surface area (Å²) in [6.45, 7) is 0.609. The third-order valence-electron chi connectivity index (χ3n) is 2.57. The molecule has 0 aromatic heterocycles. The summed E-state index contributed by atoms with van der Waals surface area (Å²) >= 11 is 0. The lowest BCUT2D eigenvalue weighted by Crippen LogP contribution is -2.26. The monoisotopic (exact) mass is 236 g/mol. The molecule has 1 unspecified atom stereocenters. The molecule has 1 aromatic carbocycles. The number of nitro benzene ring substituents is 1. The number of hydrogen-bond acceptors (Lipinski definition) is 4. The molecule has 0 saturated carbocycles. The van der Waals surface area contributed by atoms with Crippen LogP contribution < -0.4 is 5.32 Å². The van der Waals surface area contributed by atoms with Gasteiger partial charge in [0.1, 0.15) is 6.10 Å². The fraction of sp³-hybridized carbons (Fsp3) is 0.364. The van der Waals surface area contributed by atoms with Crippen LogP contribution >= 0.6 is 0 Å². The topological polar surface area (TPSA) is 81.5 Å². The number of carbonyl (C=O) groups excluding carboxylic acids is 1. The van der Waals surface area contributed by atoms with E-state index < -0.39 is 11.0 Å². The molecule has 2 rings (SSSR count). The number of amides is 1. The summed E-state index contributed by atoms with van der Waals surface area (Å²) in [6, 6.07) is 5.71. The van der Waals surface area contributed by atoms with Gasteiger partial charge in [0.05, 0.1) is 4.92 Å². The van der Waals surface area contributed by atoms with E-state index >= 15 is 0 Å². The summed E-state index contributed by atoms with van der Waals surface area (Å²) in [5.41, 5.74) is 0.538. The van der Waals surface area contributed by atoms with Crippen molar-refractivity contribution in [1.29, 1.82) is 0 Å². The van der Waals surface area contributed by atoms with E-state index in [1.54, 1.807) is 0 Å². The van der Waals surface area contributed by atoms with Crippen LogP contribution in [0.2, 0.25) is 0 Å². The van der Waals surface area contributed by atoms with Crippen LogP contribution in [0.15, 0.2) is 24.3 Å². The summed E-state index contributed by atoms with van der Waals surface area (Å²) in [6.07, 6.45) is 1.21. The lowest BCUT2D eigenvalue weighted by molar-refractivity contribution is -0.384. The smallest absolute Gasteiger partial charge is 0.269 e. The predicted molar refractivity (Wildman–Crippen MR) is 60.7 cm³/mol. The van der Waals surface area contributed by atoms with Crippen molar-refractivity contribution in [1.82, 2.24) is 0 Å². The highest BCUT2D eigenvalue weighted by Crippen LogP contribution is 2.18. The fourth-order valence-corrected chi connectivity index (χ4v) is 1.67. The van der Waals surface area contributed by atoms with Crippen LogP contribution in [0.1, 0.15) is 12.8 Å². The average molecular weight is 236 g/mol. The zero-order valence-electron chi connectivity index (χ0n) is 9.09. The van der Waals surface area contributed by atoms with Crippen LogP contribution in [0.3, 0.4) is 0 Å². The Balaban J connectivity index is 1.98. The summed E-state index contributed by atoms with van der Waals surface area (Å²) in [5, 5.41) is 13.1. The van der Waals surface area contributed by atoms with Crippen LogP contribution in [-0.2, 0) is 9.53 Å². The average Bonchev–Trinajstić information content (AvgIpc) is 2.83. The second-order valence-electron chi connectivity index (χ2n) is 3.79. The maximum absolute atomic E-state index is 11.7. The first-order valence-electron chi connectivity index (χ1n) is 5.34. The van der Waals surface area contributed by atoms with E-state index in [1.165, 1.54) is 24.3 Å². The molecule has 1 amide bonds. The van der Waals surface area contributed by atoms with Gasteiger partial charge in [-0.3, -0.25) is 14.9 Å². The van der Waals surface area contributed by atoms with Gasteiger partial charge in [-0.25, -0.2) is 0 Å². The SMILES string of the molecule is O=C(Nc1ccc([N+](=O)[O-])cc1)C1CCCO1. The van der Waals surface area contributed by atoms with Gasteiger partial charge in [0, 0.05) is 24.4 Å². The number of nitrogens with one attached hydrogen (secondary N) is 1. The van der Waals surface area contributed by atoms with E-state index in [4.69, 9.17) is 4.74 Å². The molecule has 6 nitrogen and oxygen atoms in total. The maximum atomic E-state index is 11.7. The summed E-state index contributed by atoms with van der Waals surface area (Å²) < 4.78 is 5.23. The first-order valence-corrected chi connectivity index (χ1v) is 5.34. The molecule has 1 atom stereocenters. The summed E-state index contributed by atoms with van der Waals surface area (Å²) in [5.74, 6) is -0.198. The molecule has 90 valence electrons. The first kappa shape index (κ1) is 11.5. The lowest BCUT2D eigenvalue weighted by atomic mass is 10.2. The van der Waals surface area contributed by atoms with Crippen LogP contribution in [-0.4, -0.2) is 23.5 Å². The highest BCUT2D eigenvalue weighted by atomic mass is 16.6. The van der Waals surface area contributed by atoms with E-state index in [9.17, 15) is 14.9 Å². The lowest BCUT2D eigenvalue weighted by Gasteiger charge is -2.09. The highest BCUT2D eigenvalue weighted by molar-refractivity contribution is 5.94. The molecule has 6 heteroatoms. The minimum absolute atomic E-state index is 0.000107. The van der Waals surface area contributed by atoms with E-state index in [0.717, 1.165) is 12.8 Å². The van der Waals surface area contributed by atoms with Crippen molar-refractivity contribution < 1.29 is 14.5 Å². The largest absolute Gasteiger partial charge is 0.368 e. The first-order chi connectivity index (χ1) is 8.16. The van der Waals surface area contributed by atoms with Crippen molar-refractivity contribution in [3.05, 3.63) is 34.4 Å². The Morgan fingerprint density at radius 3 is 2.65 bits per heavy atom. The third kappa shape index (κ3) is 2.79. The van der Waals surface area contributed by atoms with E-state index in [1.807, 2.05) is 0 Å². The van der Waals surface area contributed by atoms with Gasteiger partial charge in [-0.1, -0.05) is 0 Å². The molecule has 1 aromatic rings. The predicted octanol–water partition coefficient (Wildman–Crippen LogP) is 1.71. The fourth-order valence-electron chi connectivity index (χ4n) is 1.67. The molecule has 1 aliphatic heterocycles. The second-order valence-corrected chi connectivity index (χ2v) is 3.79. The molecule has 1 saturated heterocycles. The summed E-state index contributed by atoms with van der Waals surface area (Å²) in [7, 11) is 0. The van der Waals surface area contributed by atoms with Gasteiger partial charge in [0.25, 0.3) is 11.6 Å². The minimum atomic E-state index is -0.480. The van der Waals surface area contributed by atoms with Crippen LogP contribution in [0.25, 0.3) is 0 Å². The Bertz CT molecular complexity index is 424. The number of ether oxygens (including phenoxy) is 1. The normalized spacial score (nSPS) is 18.9. The van der Waals surface area contributed by atoms with Crippen molar-refractivity contribution >= 4 is 17.3 Å². The molecule has 0 aliphatic carbocycles. The zero-order valence-corrected chi connectivity index (χ0v) is 9.09. The molecule has 17 heavy (non-hydrogen) atoms. The Hall–Kier alpha value is -1.95. The Morgan fingerprint density at radius 2 is 2.12 bits per heavy atom. The quantitative estimate of drug-likeness (QED) is 0.639. The van der Waals surface area contributed by atoms with Gasteiger partial charge in [0.15, 0.2) is 0 Å². The molecule has 1 heterocycles. The number of benzene rings is 1. The molecular weight excluding hydrogens is 224 g/mol. The molecule has 1 N–H and O–H groups in total. The number of rotatable bonds is 3. The summed E-state index contributed by atoms with van der Waals surface area (Å²) in [4.78, 5) is 21.6. The van der Waals surface area contributed by atoms with Gasteiger partial charge in [0.2, 0.25) is 0 Å². The Morgan fingerprint density at radius 1 is 1.41 bits per heavy atom. The van der Waals surface area contributed by atoms with Crippen molar-refractivity contribution in [3.63, 3.8) is 0 Å². The molecule has 1 fully saturated rings. The number of nitrogens with zero attached hydrogens (tertiary/aromatic N) is 1. The Labute approximate surface area is 97.7 Å². The maximum Gasteiger partial charge on any atom is 0.269 e. The third-order valence-corrected chi connectivity index (χ3v) is 2.57. The molecule has 1 aliphatic rings. The van der Waals surface area contributed by atoms with Crippen LogP contribution in [0.5, 0.6) is 0 Å². The Kier molecular flexibility index (Phi) is 3.34. The van der Waals surface area contributed by atoms with Gasteiger partial charge in [-0.2, -0.15) is 0 Å². The van der Waals surface area contributed by atoms with Crippen molar-refractivity contribution in [3.8, 4) is 0 Å². The van der Waals surface area contributed by atoms with Gasteiger partial charge < -0.3 is 10.1 Å². The van der Waals surface area contributed by atoms with Crippen molar-refractivity contribution in [2.45, 2.75) is 18.9 Å². The van der Waals surface area contributed by atoms with E-state index in [2.05, 4.69) is 5.32 Å². The number of hydrogen-bond donors (Lipinski definition) is 1. The van der Waals surface area contributed by atoms with Crippen LogP contribution in [0.4, 0.5) is 11.4 Å². The molecule has 0 spiro atoms. The molecular formula is C11H12N2O4. The van der Waals surface area contributed by atoms with Crippen molar-refractivity contribution in [2.24, 2.45) is 0 Å². The number of anilines is 1. The standard InChI is InChI=1S/C11H12N2O4/c14-11(10-2-1-7-17-10)12-8-3-5-9(6-4-8)13(15)16/h3-6,10H,1-2,7H2,(H,12,14). The zero-order chi connectivity index (χ0) is 12.3.